The van der Waals surface area contributed by atoms with Gasteiger partial charge in [-0.05, 0) is 42.5 Å². The Morgan fingerprint density at radius 2 is 1.25 bits per heavy atom. The topological polar surface area (TPSA) is 58.2 Å². The van der Waals surface area contributed by atoms with Crippen LogP contribution in [0, 0.1) is 0 Å². The number of nitrogens with one attached hydrogen (secondary N) is 2. The predicted octanol–water partition coefficient (Wildman–Crippen LogP) is 4.59. The van der Waals surface area contributed by atoms with Crippen LogP contribution < -0.4 is 10.6 Å². The molecule has 0 radical (unpaired) electrons. The van der Waals surface area contributed by atoms with Crippen LogP contribution in [0.15, 0.2) is 42.5 Å². The molecule has 2 aromatic rings. The van der Waals surface area contributed by atoms with Crippen LogP contribution in [0.4, 0.5) is 24.5 Å². The molecular formula is C15H9Cl2F3N2O2. The van der Waals surface area contributed by atoms with E-state index in [-0.39, 0.29) is 21.4 Å². The van der Waals surface area contributed by atoms with Gasteiger partial charge in [-0.1, -0.05) is 23.2 Å². The molecule has 126 valence electrons. The number of hydrogen-bond donors (Lipinski definition) is 2. The van der Waals surface area contributed by atoms with Crippen molar-refractivity contribution in [1.29, 1.82) is 0 Å². The van der Waals surface area contributed by atoms with E-state index in [9.17, 15) is 22.8 Å². The van der Waals surface area contributed by atoms with Gasteiger partial charge in [-0.3, -0.25) is 9.59 Å². The molecule has 2 amide bonds. The zero-order chi connectivity index (χ0) is 17.9. The van der Waals surface area contributed by atoms with E-state index < -0.39 is 23.6 Å². The second kappa shape index (κ2) is 7.11. The van der Waals surface area contributed by atoms with Crippen LogP contribution in [0.5, 0.6) is 0 Å². The lowest BCUT2D eigenvalue weighted by molar-refractivity contribution is -0.137. The molecule has 0 aliphatic carbocycles. The minimum absolute atomic E-state index is 0.0484. The van der Waals surface area contributed by atoms with Crippen molar-refractivity contribution in [1.82, 2.24) is 0 Å². The van der Waals surface area contributed by atoms with Crippen LogP contribution in [-0.2, 0) is 15.8 Å². The van der Waals surface area contributed by atoms with Gasteiger partial charge in [0.25, 0.3) is 0 Å². The summed E-state index contributed by atoms with van der Waals surface area (Å²) < 4.78 is 37.3. The van der Waals surface area contributed by atoms with Crippen molar-refractivity contribution in [3.8, 4) is 0 Å². The zero-order valence-corrected chi connectivity index (χ0v) is 13.3. The lowest BCUT2D eigenvalue weighted by atomic mass is 10.2. The fourth-order valence-corrected chi connectivity index (χ4v) is 2.27. The van der Waals surface area contributed by atoms with Gasteiger partial charge in [-0.25, -0.2) is 0 Å². The second-order valence-electron chi connectivity index (χ2n) is 4.64. The number of carbonyl (C=O) groups is 2. The van der Waals surface area contributed by atoms with Gasteiger partial charge in [0.05, 0.1) is 5.56 Å². The molecule has 2 rings (SSSR count). The molecule has 2 aromatic carbocycles. The first kappa shape index (κ1) is 18.1. The Labute approximate surface area is 144 Å². The maximum atomic E-state index is 12.4. The largest absolute Gasteiger partial charge is 0.416 e. The number of hydrogen-bond acceptors (Lipinski definition) is 2. The molecule has 0 aliphatic rings. The molecule has 0 saturated carbocycles. The van der Waals surface area contributed by atoms with Crippen molar-refractivity contribution in [2.24, 2.45) is 0 Å². The summed E-state index contributed by atoms with van der Waals surface area (Å²) in [4.78, 5) is 23.5. The Kier molecular flexibility index (Phi) is 5.36. The first-order valence-corrected chi connectivity index (χ1v) is 7.16. The molecular weight excluding hydrogens is 368 g/mol. The average molecular weight is 377 g/mol. The van der Waals surface area contributed by atoms with Crippen molar-refractivity contribution in [3.05, 3.63) is 58.1 Å². The van der Waals surface area contributed by atoms with E-state index in [0.717, 1.165) is 24.3 Å². The molecule has 24 heavy (non-hydrogen) atoms. The van der Waals surface area contributed by atoms with Crippen LogP contribution in [0.2, 0.25) is 10.0 Å². The number of amides is 2. The van der Waals surface area contributed by atoms with Crippen LogP contribution in [0.25, 0.3) is 0 Å². The van der Waals surface area contributed by atoms with Crippen molar-refractivity contribution < 1.29 is 22.8 Å². The Hall–Kier alpha value is -2.25. The lowest BCUT2D eigenvalue weighted by Gasteiger charge is -2.09. The third kappa shape index (κ3) is 4.87. The van der Waals surface area contributed by atoms with Crippen molar-refractivity contribution in [2.75, 3.05) is 10.6 Å². The minimum Gasteiger partial charge on any atom is -0.318 e. The monoisotopic (exact) mass is 376 g/mol. The van der Waals surface area contributed by atoms with Gasteiger partial charge < -0.3 is 10.6 Å². The van der Waals surface area contributed by atoms with Gasteiger partial charge in [-0.15, -0.1) is 0 Å². The number of alkyl halides is 3. The Morgan fingerprint density at radius 3 is 1.71 bits per heavy atom. The van der Waals surface area contributed by atoms with E-state index in [1.54, 1.807) is 0 Å². The van der Waals surface area contributed by atoms with Crippen LogP contribution in [0.1, 0.15) is 5.56 Å². The summed E-state index contributed by atoms with van der Waals surface area (Å²) in [7, 11) is 0. The summed E-state index contributed by atoms with van der Waals surface area (Å²) in [5.74, 6) is -2.07. The van der Waals surface area contributed by atoms with Crippen LogP contribution in [0.3, 0.4) is 0 Å². The highest BCUT2D eigenvalue weighted by molar-refractivity contribution is 6.44. The molecule has 0 heterocycles. The third-order valence-corrected chi connectivity index (χ3v) is 3.23. The molecule has 0 unspecified atom stereocenters. The van der Waals surface area contributed by atoms with Gasteiger partial charge in [-0.2, -0.15) is 13.2 Å². The van der Waals surface area contributed by atoms with E-state index >= 15 is 0 Å². The molecule has 0 fully saturated rings. The average Bonchev–Trinajstić information content (AvgIpc) is 2.45. The molecule has 9 heteroatoms. The third-order valence-electron chi connectivity index (χ3n) is 2.80. The smallest absolute Gasteiger partial charge is 0.318 e. The lowest BCUT2D eigenvalue weighted by Crippen LogP contribution is -2.29. The normalized spacial score (nSPS) is 11.0. The van der Waals surface area contributed by atoms with E-state index in [4.69, 9.17) is 23.2 Å². The molecule has 0 spiro atoms. The van der Waals surface area contributed by atoms with Gasteiger partial charge in [0.2, 0.25) is 0 Å². The van der Waals surface area contributed by atoms with Crippen LogP contribution in [-0.4, -0.2) is 11.8 Å². The number of halogens is 5. The summed E-state index contributed by atoms with van der Waals surface area (Å²) >= 11 is 11.5. The Balaban J connectivity index is 2.02. The highest BCUT2D eigenvalue weighted by Gasteiger charge is 2.30. The van der Waals surface area contributed by atoms with Gasteiger partial charge in [0.1, 0.15) is 0 Å². The number of carbonyl (C=O) groups excluding carboxylic acids is 2. The maximum Gasteiger partial charge on any atom is 0.416 e. The van der Waals surface area contributed by atoms with E-state index in [1.807, 2.05) is 0 Å². The maximum absolute atomic E-state index is 12.4. The van der Waals surface area contributed by atoms with E-state index in [0.29, 0.717) is 0 Å². The van der Waals surface area contributed by atoms with Gasteiger partial charge >= 0.3 is 18.0 Å². The fraction of sp³-hybridized carbons (Fsp3) is 0.0667. The quantitative estimate of drug-likeness (QED) is 0.753. The standard InChI is InChI=1S/C15H9Cl2F3N2O2/c16-9-5-10(17)7-12(6-9)22-14(24)13(23)21-11-3-1-8(2-4-11)15(18,19)20/h1-7H,(H,21,23)(H,22,24). The van der Waals surface area contributed by atoms with E-state index in [2.05, 4.69) is 10.6 Å². The Morgan fingerprint density at radius 1 is 0.792 bits per heavy atom. The van der Waals surface area contributed by atoms with Crippen LogP contribution >= 0.6 is 23.2 Å². The highest BCUT2D eigenvalue weighted by atomic mass is 35.5. The summed E-state index contributed by atoms with van der Waals surface area (Å²) in [5.41, 5.74) is -0.606. The molecule has 2 N–H and O–H groups in total. The molecule has 0 atom stereocenters. The molecule has 0 aliphatic heterocycles. The number of benzene rings is 2. The van der Waals surface area contributed by atoms with Gasteiger partial charge in [0.15, 0.2) is 0 Å². The summed E-state index contributed by atoms with van der Waals surface area (Å²) in [5, 5.41) is 4.99. The Bertz CT molecular complexity index is 757. The predicted molar refractivity (Wildman–Crippen MR) is 85.2 cm³/mol. The highest BCUT2D eigenvalue weighted by Crippen LogP contribution is 2.29. The molecule has 0 bridgehead atoms. The van der Waals surface area contributed by atoms with E-state index in [1.165, 1.54) is 18.2 Å². The first-order valence-electron chi connectivity index (χ1n) is 6.41. The minimum atomic E-state index is -4.48. The molecule has 0 saturated heterocycles. The van der Waals surface area contributed by atoms with Gasteiger partial charge in [0, 0.05) is 21.4 Å². The molecule has 4 nitrogen and oxygen atoms in total. The summed E-state index contributed by atoms with van der Waals surface area (Å²) in [6, 6.07) is 7.90. The number of rotatable bonds is 2. The van der Waals surface area contributed by atoms with Crippen molar-refractivity contribution in [2.45, 2.75) is 6.18 Å². The molecule has 0 aromatic heterocycles. The van der Waals surface area contributed by atoms with Crippen molar-refractivity contribution in [3.63, 3.8) is 0 Å². The van der Waals surface area contributed by atoms with Crippen molar-refractivity contribution >= 4 is 46.4 Å². The SMILES string of the molecule is O=C(Nc1ccc(C(F)(F)F)cc1)C(=O)Nc1cc(Cl)cc(Cl)c1. The summed E-state index contributed by atoms with van der Waals surface area (Å²) in [6.45, 7) is 0. The summed E-state index contributed by atoms with van der Waals surface area (Å²) in [6.07, 6.45) is -4.48. The zero-order valence-electron chi connectivity index (χ0n) is 11.7. The first-order chi connectivity index (χ1) is 11.1. The second-order valence-corrected chi connectivity index (χ2v) is 5.51. The fourth-order valence-electron chi connectivity index (χ4n) is 1.74. The number of anilines is 2.